The van der Waals surface area contributed by atoms with Crippen LogP contribution in [0.3, 0.4) is 0 Å². The van der Waals surface area contributed by atoms with E-state index in [1.165, 1.54) is 11.3 Å². The molecular weight excluding hydrogens is 198 g/mol. The lowest BCUT2D eigenvalue weighted by atomic mass is 9.77. The number of methoxy groups -OCH3 is 1. The Morgan fingerprint density at radius 3 is 2.88 bits per heavy atom. The molecule has 2 rings (SSSR count). The molecular formula is C14H21NO. The van der Waals surface area contributed by atoms with Gasteiger partial charge in [-0.15, -0.1) is 0 Å². The maximum absolute atomic E-state index is 5.42. The second kappa shape index (κ2) is 4.00. The highest BCUT2D eigenvalue weighted by molar-refractivity contribution is 5.61. The molecule has 0 fully saturated rings. The average molecular weight is 219 g/mol. The molecule has 1 N–H and O–H groups in total. The van der Waals surface area contributed by atoms with E-state index < -0.39 is 0 Å². The molecule has 16 heavy (non-hydrogen) atoms. The maximum Gasteiger partial charge on any atom is 0.124 e. The van der Waals surface area contributed by atoms with Gasteiger partial charge >= 0.3 is 0 Å². The van der Waals surface area contributed by atoms with Crippen molar-refractivity contribution in [2.24, 2.45) is 5.92 Å². The van der Waals surface area contributed by atoms with E-state index in [0.717, 1.165) is 18.6 Å². The highest BCUT2D eigenvalue weighted by Crippen LogP contribution is 2.40. The molecule has 1 aromatic carbocycles. The van der Waals surface area contributed by atoms with Crippen LogP contribution in [0.5, 0.6) is 5.75 Å². The Hall–Kier alpha value is -1.18. The SMILES string of the molecule is CCC1(C)Nc2cccc(OC)c2CC1C. The Morgan fingerprint density at radius 1 is 1.50 bits per heavy atom. The van der Waals surface area contributed by atoms with Crippen molar-refractivity contribution in [1.29, 1.82) is 0 Å². The Balaban J connectivity index is 2.42. The topological polar surface area (TPSA) is 21.3 Å². The zero-order valence-electron chi connectivity index (χ0n) is 10.6. The van der Waals surface area contributed by atoms with E-state index in [4.69, 9.17) is 4.74 Å². The van der Waals surface area contributed by atoms with Gasteiger partial charge in [0.25, 0.3) is 0 Å². The Kier molecular flexibility index (Phi) is 2.83. The van der Waals surface area contributed by atoms with Crippen LogP contribution in [-0.2, 0) is 6.42 Å². The third-order valence-electron chi connectivity index (χ3n) is 4.11. The monoisotopic (exact) mass is 219 g/mol. The van der Waals surface area contributed by atoms with E-state index in [2.05, 4.69) is 38.2 Å². The number of hydrogen-bond acceptors (Lipinski definition) is 2. The second-order valence-corrected chi connectivity index (χ2v) is 4.99. The quantitative estimate of drug-likeness (QED) is 0.822. The van der Waals surface area contributed by atoms with E-state index in [1.54, 1.807) is 7.11 Å². The molecule has 0 aromatic heterocycles. The average Bonchev–Trinajstić information content (AvgIpc) is 2.30. The summed E-state index contributed by atoms with van der Waals surface area (Å²) in [6.45, 7) is 6.86. The number of fused-ring (bicyclic) bond motifs is 1. The molecule has 0 spiro atoms. The molecule has 1 heterocycles. The van der Waals surface area contributed by atoms with Crippen LogP contribution in [0.1, 0.15) is 32.8 Å². The number of rotatable bonds is 2. The fourth-order valence-corrected chi connectivity index (χ4v) is 2.48. The summed E-state index contributed by atoms with van der Waals surface area (Å²) in [6, 6.07) is 6.25. The first-order chi connectivity index (χ1) is 7.60. The van der Waals surface area contributed by atoms with Crippen molar-refractivity contribution in [1.82, 2.24) is 0 Å². The molecule has 0 aliphatic carbocycles. The highest BCUT2D eigenvalue weighted by Gasteiger charge is 2.35. The first kappa shape index (κ1) is 11.3. The third-order valence-corrected chi connectivity index (χ3v) is 4.11. The third kappa shape index (κ3) is 1.66. The van der Waals surface area contributed by atoms with Crippen molar-refractivity contribution >= 4 is 5.69 Å². The summed E-state index contributed by atoms with van der Waals surface area (Å²) in [4.78, 5) is 0. The van der Waals surface area contributed by atoms with E-state index >= 15 is 0 Å². The van der Waals surface area contributed by atoms with Crippen molar-refractivity contribution < 1.29 is 4.74 Å². The minimum Gasteiger partial charge on any atom is -0.496 e. The molecule has 2 nitrogen and oxygen atoms in total. The minimum atomic E-state index is 0.208. The zero-order valence-corrected chi connectivity index (χ0v) is 10.6. The van der Waals surface area contributed by atoms with Gasteiger partial charge < -0.3 is 10.1 Å². The zero-order chi connectivity index (χ0) is 11.8. The van der Waals surface area contributed by atoms with Crippen molar-refractivity contribution in [3.63, 3.8) is 0 Å². The lowest BCUT2D eigenvalue weighted by molar-refractivity contribution is 0.316. The first-order valence-electron chi connectivity index (χ1n) is 6.04. The van der Waals surface area contributed by atoms with E-state index in [9.17, 15) is 0 Å². The van der Waals surface area contributed by atoms with Gasteiger partial charge in [-0.2, -0.15) is 0 Å². The molecule has 2 atom stereocenters. The smallest absolute Gasteiger partial charge is 0.124 e. The van der Waals surface area contributed by atoms with Crippen molar-refractivity contribution in [3.8, 4) is 5.75 Å². The molecule has 2 unspecified atom stereocenters. The van der Waals surface area contributed by atoms with Gasteiger partial charge in [0.05, 0.1) is 7.11 Å². The number of hydrogen-bond donors (Lipinski definition) is 1. The van der Waals surface area contributed by atoms with Crippen molar-refractivity contribution in [3.05, 3.63) is 23.8 Å². The molecule has 1 aromatic rings. The Morgan fingerprint density at radius 2 is 2.25 bits per heavy atom. The van der Waals surface area contributed by atoms with Crippen LogP contribution >= 0.6 is 0 Å². The summed E-state index contributed by atoms with van der Waals surface area (Å²) in [5.41, 5.74) is 2.77. The van der Waals surface area contributed by atoms with Gasteiger partial charge in [-0.3, -0.25) is 0 Å². The lowest BCUT2D eigenvalue weighted by Crippen LogP contribution is -2.45. The van der Waals surface area contributed by atoms with Gasteiger partial charge in [0.1, 0.15) is 5.75 Å². The number of anilines is 1. The van der Waals surface area contributed by atoms with Gasteiger partial charge in [-0.1, -0.05) is 19.9 Å². The van der Waals surface area contributed by atoms with Crippen LogP contribution in [0, 0.1) is 5.92 Å². The van der Waals surface area contributed by atoms with Crippen LogP contribution in [0.25, 0.3) is 0 Å². The summed E-state index contributed by atoms with van der Waals surface area (Å²) in [7, 11) is 1.74. The van der Waals surface area contributed by atoms with Crippen LogP contribution in [0.2, 0.25) is 0 Å². The highest BCUT2D eigenvalue weighted by atomic mass is 16.5. The molecule has 0 bridgehead atoms. The molecule has 2 heteroatoms. The summed E-state index contributed by atoms with van der Waals surface area (Å²) in [5, 5.41) is 3.67. The lowest BCUT2D eigenvalue weighted by Gasteiger charge is -2.42. The van der Waals surface area contributed by atoms with Crippen LogP contribution in [0.4, 0.5) is 5.69 Å². The van der Waals surface area contributed by atoms with Crippen molar-refractivity contribution in [2.45, 2.75) is 39.2 Å². The normalized spacial score (nSPS) is 28.1. The van der Waals surface area contributed by atoms with Gasteiger partial charge in [0, 0.05) is 16.8 Å². The molecule has 0 saturated carbocycles. The summed E-state index contributed by atoms with van der Waals surface area (Å²) >= 11 is 0. The molecule has 0 amide bonds. The largest absolute Gasteiger partial charge is 0.496 e. The van der Waals surface area contributed by atoms with Gasteiger partial charge in [0.15, 0.2) is 0 Å². The van der Waals surface area contributed by atoms with Gasteiger partial charge in [-0.25, -0.2) is 0 Å². The van der Waals surface area contributed by atoms with Crippen LogP contribution in [-0.4, -0.2) is 12.6 Å². The fourth-order valence-electron chi connectivity index (χ4n) is 2.48. The van der Waals surface area contributed by atoms with Gasteiger partial charge in [0.2, 0.25) is 0 Å². The first-order valence-corrected chi connectivity index (χ1v) is 6.04. The van der Waals surface area contributed by atoms with E-state index in [1.807, 2.05) is 6.07 Å². The molecule has 1 aliphatic rings. The number of nitrogens with one attached hydrogen (secondary N) is 1. The molecule has 1 aliphatic heterocycles. The maximum atomic E-state index is 5.42. The predicted molar refractivity (Wildman–Crippen MR) is 68.2 cm³/mol. The summed E-state index contributed by atoms with van der Waals surface area (Å²) in [5.74, 6) is 1.64. The number of benzene rings is 1. The Labute approximate surface area is 98.0 Å². The predicted octanol–water partition coefficient (Wildman–Crippen LogP) is 3.47. The molecule has 0 radical (unpaired) electrons. The Bertz CT molecular complexity index is 388. The van der Waals surface area contributed by atoms with Crippen LogP contribution in [0.15, 0.2) is 18.2 Å². The van der Waals surface area contributed by atoms with E-state index in [-0.39, 0.29) is 5.54 Å². The van der Waals surface area contributed by atoms with E-state index in [0.29, 0.717) is 5.92 Å². The van der Waals surface area contributed by atoms with Gasteiger partial charge in [-0.05, 0) is 37.8 Å². The standard InChI is InChI=1S/C14H21NO/c1-5-14(3)10(2)9-11-12(15-14)7-6-8-13(11)16-4/h6-8,10,15H,5,9H2,1-4H3. The number of ether oxygens (including phenoxy) is 1. The van der Waals surface area contributed by atoms with Crippen molar-refractivity contribution in [2.75, 3.05) is 12.4 Å². The molecule has 88 valence electrons. The molecule has 0 saturated heterocycles. The minimum absolute atomic E-state index is 0.208. The second-order valence-electron chi connectivity index (χ2n) is 4.99. The summed E-state index contributed by atoms with van der Waals surface area (Å²) in [6.07, 6.45) is 2.24. The van der Waals surface area contributed by atoms with Crippen LogP contribution < -0.4 is 10.1 Å². The fraction of sp³-hybridized carbons (Fsp3) is 0.571. The summed E-state index contributed by atoms with van der Waals surface area (Å²) < 4.78 is 5.42.